The van der Waals surface area contributed by atoms with Gasteiger partial charge in [0.1, 0.15) is 12.4 Å². The number of benzene rings is 2. The molecule has 13 heteroatoms. The van der Waals surface area contributed by atoms with Crippen molar-refractivity contribution in [3.63, 3.8) is 0 Å². The summed E-state index contributed by atoms with van der Waals surface area (Å²) in [7, 11) is -7.91. The molecule has 2 aromatic carbocycles. The SMILES string of the molecule is CS(=O)(=O)N(CC(=O)Nc1ccc(S(=O)(=O)Nc2ncccn2)cc1)c1ccccc1F. The number of amides is 1. The first-order chi connectivity index (χ1) is 15.1. The molecule has 32 heavy (non-hydrogen) atoms. The van der Waals surface area contributed by atoms with Crippen molar-refractivity contribution in [1.29, 1.82) is 0 Å². The van der Waals surface area contributed by atoms with Crippen LogP contribution < -0.4 is 14.3 Å². The molecule has 3 aromatic rings. The maximum Gasteiger partial charge on any atom is 0.264 e. The number of nitrogens with one attached hydrogen (secondary N) is 2. The number of rotatable bonds is 8. The first-order valence-electron chi connectivity index (χ1n) is 8.98. The number of halogens is 1. The summed E-state index contributed by atoms with van der Waals surface area (Å²) in [5, 5.41) is 2.45. The van der Waals surface area contributed by atoms with Gasteiger partial charge in [0.05, 0.1) is 16.8 Å². The predicted molar refractivity (Wildman–Crippen MR) is 117 cm³/mol. The first kappa shape index (κ1) is 23.1. The highest BCUT2D eigenvalue weighted by Gasteiger charge is 2.23. The Morgan fingerprint density at radius 1 is 0.969 bits per heavy atom. The van der Waals surface area contributed by atoms with Crippen LogP contribution >= 0.6 is 0 Å². The van der Waals surface area contributed by atoms with E-state index in [1.807, 2.05) is 0 Å². The molecule has 0 fully saturated rings. The maximum atomic E-state index is 14.1. The van der Waals surface area contributed by atoms with E-state index in [9.17, 15) is 26.0 Å². The van der Waals surface area contributed by atoms with E-state index in [0.29, 0.717) is 4.31 Å². The van der Waals surface area contributed by atoms with Crippen molar-refractivity contribution >= 4 is 43.3 Å². The highest BCUT2D eigenvalue weighted by molar-refractivity contribution is 7.92. The van der Waals surface area contributed by atoms with Crippen molar-refractivity contribution in [2.75, 3.05) is 27.1 Å². The lowest BCUT2D eigenvalue weighted by atomic mass is 10.3. The predicted octanol–water partition coefficient (Wildman–Crippen LogP) is 1.82. The molecule has 0 unspecified atom stereocenters. The number of nitrogens with zero attached hydrogens (tertiary/aromatic N) is 3. The van der Waals surface area contributed by atoms with Crippen molar-refractivity contribution in [2.24, 2.45) is 0 Å². The van der Waals surface area contributed by atoms with E-state index in [2.05, 4.69) is 20.0 Å². The van der Waals surface area contributed by atoms with Crippen LogP contribution in [0.3, 0.4) is 0 Å². The van der Waals surface area contributed by atoms with Crippen LogP contribution in [-0.2, 0) is 24.8 Å². The summed E-state index contributed by atoms with van der Waals surface area (Å²) in [5.41, 5.74) is -0.0484. The van der Waals surface area contributed by atoms with Crippen molar-refractivity contribution in [1.82, 2.24) is 9.97 Å². The van der Waals surface area contributed by atoms with Gasteiger partial charge in [0, 0.05) is 18.1 Å². The van der Waals surface area contributed by atoms with Crippen LogP contribution in [0.25, 0.3) is 0 Å². The van der Waals surface area contributed by atoms with Crippen LogP contribution in [-0.4, -0.2) is 45.5 Å². The second-order valence-electron chi connectivity index (χ2n) is 6.47. The van der Waals surface area contributed by atoms with Gasteiger partial charge < -0.3 is 5.32 Å². The molecule has 0 bridgehead atoms. The molecular formula is C19H18FN5O5S2. The van der Waals surface area contributed by atoms with Gasteiger partial charge in [0.25, 0.3) is 10.0 Å². The number of sulfonamides is 2. The molecule has 0 aliphatic rings. The minimum atomic E-state index is -3.95. The van der Waals surface area contributed by atoms with Crippen LogP contribution in [0.2, 0.25) is 0 Å². The van der Waals surface area contributed by atoms with Crippen LogP contribution in [0.15, 0.2) is 71.9 Å². The third kappa shape index (κ3) is 5.76. The first-order valence-corrected chi connectivity index (χ1v) is 12.3. The van der Waals surface area contributed by atoms with Gasteiger partial charge in [-0.1, -0.05) is 12.1 Å². The van der Waals surface area contributed by atoms with Crippen LogP contribution in [0, 0.1) is 5.82 Å². The van der Waals surface area contributed by atoms with Crippen LogP contribution in [0.5, 0.6) is 0 Å². The normalized spacial score (nSPS) is 11.6. The molecule has 0 atom stereocenters. The molecular weight excluding hydrogens is 461 g/mol. The van der Waals surface area contributed by atoms with E-state index in [0.717, 1.165) is 12.3 Å². The van der Waals surface area contributed by atoms with Gasteiger partial charge in [-0.25, -0.2) is 35.9 Å². The number of hydrogen-bond donors (Lipinski definition) is 2. The van der Waals surface area contributed by atoms with Gasteiger partial charge in [0.15, 0.2) is 0 Å². The molecule has 0 radical (unpaired) electrons. The third-order valence-electron chi connectivity index (χ3n) is 4.05. The number of carbonyl (C=O) groups excluding carboxylic acids is 1. The second kappa shape index (κ2) is 9.28. The van der Waals surface area contributed by atoms with Gasteiger partial charge in [-0.2, -0.15) is 0 Å². The van der Waals surface area contributed by atoms with Crippen molar-refractivity contribution in [3.8, 4) is 0 Å². The Hall–Kier alpha value is -3.58. The second-order valence-corrected chi connectivity index (χ2v) is 10.1. The smallest absolute Gasteiger partial charge is 0.264 e. The molecule has 0 saturated heterocycles. The molecule has 3 rings (SSSR count). The Morgan fingerprint density at radius 3 is 2.19 bits per heavy atom. The molecule has 1 aromatic heterocycles. The zero-order chi connectivity index (χ0) is 23.4. The van der Waals surface area contributed by atoms with Crippen molar-refractivity contribution < 1.29 is 26.0 Å². The molecule has 2 N–H and O–H groups in total. The molecule has 168 valence electrons. The fourth-order valence-corrected chi connectivity index (χ4v) is 4.43. The maximum absolute atomic E-state index is 14.1. The molecule has 1 amide bonds. The Bertz CT molecular complexity index is 1320. The standard InChI is InChI=1S/C19H18FN5O5S2/c1-31(27,28)25(17-6-3-2-5-16(17)20)13-18(26)23-14-7-9-15(10-8-14)32(29,30)24-19-21-11-4-12-22-19/h2-12H,13H2,1H3,(H,23,26)(H,21,22,24). The minimum Gasteiger partial charge on any atom is -0.325 e. The molecule has 10 nitrogen and oxygen atoms in total. The summed E-state index contributed by atoms with van der Waals surface area (Å²) < 4.78 is 65.8. The average molecular weight is 480 g/mol. The molecule has 1 heterocycles. The summed E-state index contributed by atoms with van der Waals surface area (Å²) in [5.74, 6) is -1.64. The van der Waals surface area contributed by atoms with E-state index < -0.39 is 38.3 Å². The zero-order valence-corrected chi connectivity index (χ0v) is 18.3. The highest BCUT2D eigenvalue weighted by Crippen LogP contribution is 2.22. The number of carbonyl (C=O) groups is 1. The number of aromatic nitrogens is 2. The number of para-hydroxylation sites is 1. The summed E-state index contributed by atoms with van der Waals surface area (Å²) >= 11 is 0. The summed E-state index contributed by atoms with van der Waals surface area (Å²) in [6, 6.07) is 11.8. The molecule has 0 aliphatic heterocycles. The molecule has 0 aliphatic carbocycles. The van der Waals surface area contributed by atoms with Gasteiger partial charge in [-0.15, -0.1) is 0 Å². The third-order valence-corrected chi connectivity index (χ3v) is 6.52. The Morgan fingerprint density at radius 2 is 1.59 bits per heavy atom. The van der Waals surface area contributed by atoms with Gasteiger partial charge in [-0.3, -0.25) is 9.10 Å². The van der Waals surface area contributed by atoms with E-state index in [1.165, 1.54) is 60.9 Å². The summed E-state index contributed by atoms with van der Waals surface area (Å²) in [4.78, 5) is 19.9. The molecule has 0 saturated carbocycles. The number of anilines is 3. The van der Waals surface area contributed by atoms with E-state index in [4.69, 9.17) is 0 Å². The largest absolute Gasteiger partial charge is 0.325 e. The fourth-order valence-electron chi connectivity index (χ4n) is 2.61. The quantitative estimate of drug-likeness (QED) is 0.502. The van der Waals surface area contributed by atoms with Gasteiger partial charge in [0.2, 0.25) is 21.9 Å². The lowest BCUT2D eigenvalue weighted by Crippen LogP contribution is -2.38. The van der Waals surface area contributed by atoms with Crippen molar-refractivity contribution in [2.45, 2.75) is 4.90 Å². The van der Waals surface area contributed by atoms with E-state index >= 15 is 0 Å². The fraction of sp³-hybridized carbons (Fsp3) is 0.105. The Balaban J connectivity index is 1.72. The Labute approximate surface area is 184 Å². The summed E-state index contributed by atoms with van der Waals surface area (Å²) in [6.07, 6.45) is 3.62. The minimum absolute atomic E-state index is 0.0983. The van der Waals surface area contributed by atoms with Gasteiger partial charge in [-0.05, 0) is 42.5 Å². The average Bonchev–Trinajstić information content (AvgIpc) is 2.73. The van der Waals surface area contributed by atoms with Crippen LogP contribution in [0.1, 0.15) is 0 Å². The molecule has 0 spiro atoms. The van der Waals surface area contributed by atoms with E-state index in [-0.39, 0.29) is 22.2 Å². The Kier molecular flexibility index (Phi) is 6.69. The van der Waals surface area contributed by atoms with Crippen LogP contribution in [0.4, 0.5) is 21.7 Å². The van der Waals surface area contributed by atoms with E-state index in [1.54, 1.807) is 0 Å². The number of hydrogen-bond acceptors (Lipinski definition) is 7. The van der Waals surface area contributed by atoms with Gasteiger partial charge >= 0.3 is 0 Å². The monoisotopic (exact) mass is 479 g/mol. The lowest BCUT2D eigenvalue weighted by Gasteiger charge is -2.22. The van der Waals surface area contributed by atoms with Crippen molar-refractivity contribution in [3.05, 3.63) is 72.8 Å². The summed E-state index contributed by atoms with van der Waals surface area (Å²) in [6.45, 7) is -0.674. The highest BCUT2D eigenvalue weighted by atomic mass is 32.2. The lowest BCUT2D eigenvalue weighted by molar-refractivity contribution is -0.114. The zero-order valence-electron chi connectivity index (χ0n) is 16.6. The topological polar surface area (TPSA) is 138 Å².